The molecule has 0 unspecified atom stereocenters. The summed E-state index contributed by atoms with van der Waals surface area (Å²) in [6, 6.07) is 11.6. The van der Waals surface area contributed by atoms with E-state index in [0.717, 1.165) is 10.9 Å². The van der Waals surface area contributed by atoms with Crippen LogP contribution in [0, 0.1) is 6.92 Å². The van der Waals surface area contributed by atoms with E-state index in [1.54, 1.807) is 19.1 Å². The lowest BCUT2D eigenvalue weighted by atomic mass is 10.0. The Morgan fingerprint density at radius 2 is 1.88 bits per heavy atom. The van der Waals surface area contributed by atoms with Crippen molar-refractivity contribution in [3.63, 3.8) is 0 Å². The maximum Gasteiger partial charge on any atom is 0.335 e. The standard InChI is InChI=1S/C20H20O5S/c1-12(2)15-7-8-18-17(10-15)13(3)20(25-18)26(23,24)11-14-5-4-6-16(9-14)19(21)22/h4-10,12H,11H2,1-3H3,(H,21,22). The molecule has 0 amide bonds. The van der Waals surface area contributed by atoms with Crippen LogP contribution in [0.15, 0.2) is 52.0 Å². The van der Waals surface area contributed by atoms with Crippen molar-refractivity contribution >= 4 is 26.8 Å². The van der Waals surface area contributed by atoms with Gasteiger partial charge in [-0.15, -0.1) is 0 Å². The van der Waals surface area contributed by atoms with Crippen LogP contribution in [0.4, 0.5) is 0 Å². The molecule has 0 saturated heterocycles. The number of hydrogen-bond donors (Lipinski definition) is 1. The molecule has 5 nitrogen and oxygen atoms in total. The fourth-order valence-corrected chi connectivity index (χ4v) is 4.49. The Bertz CT molecular complexity index is 1090. The van der Waals surface area contributed by atoms with Gasteiger partial charge in [-0.05, 0) is 48.2 Å². The summed E-state index contributed by atoms with van der Waals surface area (Å²) in [6.45, 7) is 5.88. The third-order valence-corrected chi connectivity index (χ3v) is 6.06. The maximum absolute atomic E-state index is 12.9. The van der Waals surface area contributed by atoms with Crippen molar-refractivity contribution in [1.82, 2.24) is 0 Å². The molecule has 6 heteroatoms. The quantitative estimate of drug-likeness (QED) is 0.711. The molecule has 0 aliphatic carbocycles. The third-order valence-electron chi connectivity index (χ3n) is 4.40. The zero-order valence-electron chi connectivity index (χ0n) is 14.8. The lowest BCUT2D eigenvalue weighted by molar-refractivity contribution is 0.0696. The average molecular weight is 372 g/mol. The minimum absolute atomic E-state index is 0.0561. The Morgan fingerprint density at radius 1 is 1.15 bits per heavy atom. The molecule has 1 heterocycles. The van der Waals surface area contributed by atoms with Gasteiger partial charge in [0.1, 0.15) is 5.58 Å². The first-order chi connectivity index (χ1) is 12.2. The lowest BCUT2D eigenvalue weighted by Crippen LogP contribution is -2.06. The first kappa shape index (κ1) is 18.2. The number of carbonyl (C=O) groups is 1. The minimum atomic E-state index is -3.74. The van der Waals surface area contributed by atoms with E-state index in [-0.39, 0.29) is 16.4 Å². The van der Waals surface area contributed by atoms with Crippen LogP contribution in [0.5, 0.6) is 0 Å². The van der Waals surface area contributed by atoms with Crippen LogP contribution in [0.3, 0.4) is 0 Å². The second-order valence-corrected chi connectivity index (χ2v) is 8.58. The number of aryl methyl sites for hydroxylation is 1. The number of furan rings is 1. The van der Waals surface area contributed by atoms with Crippen LogP contribution in [-0.2, 0) is 15.6 Å². The molecule has 3 rings (SSSR count). The summed E-state index contributed by atoms with van der Waals surface area (Å²) in [6.07, 6.45) is 0. The summed E-state index contributed by atoms with van der Waals surface area (Å²) in [5.74, 6) is -1.08. The first-order valence-electron chi connectivity index (χ1n) is 8.27. The number of fused-ring (bicyclic) bond motifs is 1. The van der Waals surface area contributed by atoms with Crippen LogP contribution in [0.2, 0.25) is 0 Å². The van der Waals surface area contributed by atoms with Gasteiger partial charge in [-0.25, -0.2) is 13.2 Å². The van der Waals surface area contributed by atoms with E-state index in [4.69, 9.17) is 9.52 Å². The second-order valence-electron chi connectivity index (χ2n) is 6.69. The molecule has 0 atom stereocenters. The van der Waals surface area contributed by atoms with Gasteiger partial charge in [0.15, 0.2) is 0 Å². The minimum Gasteiger partial charge on any atom is -0.478 e. The summed E-state index contributed by atoms with van der Waals surface area (Å²) in [7, 11) is -3.74. The van der Waals surface area contributed by atoms with Gasteiger partial charge in [0, 0.05) is 10.9 Å². The number of carboxylic acid groups (broad SMARTS) is 1. The molecule has 1 N–H and O–H groups in total. The topological polar surface area (TPSA) is 84.6 Å². The molecular weight excluding hydrogens is 352 g/mol. The molecule has 0 bridgehead atoms. The van der Waals surface area contributed by atoms with Crippen LogP contribution in [-0.4, -0.2) is 19.5 Å². The highest BCUT2D eigenvalue weighted by Crippen LogP contribution is 2.32. The monoisotopic (exact) mass is 372 g/mol. The third kappa shape index (κ3) is 3.37. The first-order valence-corrected chi connectivity index (χ1v) is 9.92. The van der Waals surface area contributed by atoms with Crippen molar-refractivity contribution in [2.24, 2.45) is 0 Å². The number of aromatic carboxylic acids is 1. The molecule has 2 aromatic carbocycles. The van der Waals surface area contributed by atoms with Gasteiger partial charge in [-0.1, -0.05) is 32.0 Å². The smallest absolute Gasteiger partial charge is 0.335 e. The lowest BCUT2D eigenvalue weighted by Gasteiger charge is -2.04. The van der Waals surface area contributed by atoms with Gasteiger partial charge in [0.05, 0.1) is 11.3 Å². The predicted octanol–water partition coefficient (Wildman–Crippen LogP) is 4.54. The van der Waals surface area contributed by atoms with E-state index in [1.807, 2.05) is 12.1 Å². The Hall–Kier alpha value is -2.60. The number of carboxylic acids is 1. The molecule has 136 valence electrons. The Morgan fingerprint density at radius 3 is 2.54 bits per heavy atom. The Balaban J connectivity index is 2.03. The second kappa shape index (κ2) is 6.61. The van der Waals surface area contributed by atoms with Gasteiger partial charge in [0.25, 0.3) is 0 Å². The Kier molecular flexibility index (Phi) is 4.63. The van der Waals surface area contributed by atoms with Crippen LogP contribution in [0.25, 0.3) is 11.0 Å². The maximum atomic E-state index is 12.9. The molecule has 26 heavy (non-hydrogen) atoms. The molecule has 0 saturated carbocycles. The van der Waals surface area contributed by atoms with Crippen LogP contribution in [0.1, 0.15) is 46.8 Å². The molecule has 0 fully saturated rings. The molecule has 0 aliphatic heterocycles. The number of sulfone groups is 1. The molecule has 0 aliphatic rings. The van der Waals surface area contributed by atoms with E-state index in [0.29, 0.717) is 22.6 Å². The highest BCUT2D eigenvalue weighted by atomic mass is 32.2. The van der Waals surface area contributed by atoms with Gasteiger partial charge in [-0.2, -0.15) is 0 Å². The van der Waals surface area contributed by atoms with Crippen LogP contribution < -0.4 is 0 Å². The van der Waals surface area contributed by atoms with Crippen LogP contribution >= 0.6 is 0 Å². The normalized spacial score (nSPS) is 12.0. The molecular formula is C20H20O5S. The van der Waals surface area contributed by atoms with E-state index in [1.165, 1.54) is 18.2 Å². The average Bonchev–Trinajstić information content (AvgIpc) is 2.92. The zero-order valence-corrected chi connectivity index (χ0v) is 15.6. The molecule has 0 spiro atoms. The summed E-state index contributed by atoms with van der Waals surface area (Å²) in [5.41, 5.74) is 2.69. The molecule has 3 aromatic rings. The van der Waals surface area contributed by atoms with Crippen molar-refractivity contribution in [2.75, 3.05) is 0 Å². The summed E-state index contributed by atoms with van der Waals surface area (Å²) in [5, 5.41) is 9.79. The fourth-order valence-electron chi connectivity index (χ4n) is 2.95. The highest BCUT2D eigenvalue weighted by molar-refractivity contribution is 7.90. The number of hydrogen-bond acceptors (Lipinski definition) is 4. The van der Waals surface area contributed by atoms with E-state index in [9.17, 15) is 13.2 Å². The largest absolute Gasteiger partial charge is 0.478 e. The predicted molar refractivity (Wildman–Crippen MR) is 99.3 cm³/mol. The SMILES string of the molecule is Cc1c(S(=O)(=O)Cc2cccc(C(=O)O)c2)oc2ccc(C(C)C)cc12. The van der Waals surface area contributed by atoms with Gasteiger partial charge < -0.3 is 9.52 Å². The summed E-state index contributed by atoms with van der Waals surface area (Å²) in [4.78, 5) is 11.1. The van der Waals surface area contributed by atoms with E-state index in [2.05, 4.69) is 13.8 Å². The van der Waals surface area contributed by atoms with E-state index < -0.39 is 15.8 Å². The van der Waals surface area contributed by atoms with Crippen molar-refractivity contribution in [2.45, 2.75) is 37.5 Å². The van der Waals surface area contributed by atoms with Gasteiger partial charge in [0.2, 0.25) is 14.9 Å². The fraction of sp³-hybridized carbons (Fsp3) is 0.250. The van der Waals surface area contributed by atoms with Crippen molar-refractivity contribution in [1.29, 1.82) is 0 Å². The van der Waals surface area contributed by atoms with Gasteiger partial charge in [-0.3, -0.25) is 0 Å². The molecule has 1 aromatic heterocycles. The summed E-state index contributed by atoms with van der Waals surface area (Å²) >= 11 is 0. The van der Waals surface area contributed by atoms with Crippen molar-refractivity contribution < 1.29 is 22.7 Å². The van der Waals surface area contributed by atoms with Crippen molar-refractivity contribution in [3.05, 3.63) is 64.7 Å². The highest BCUT2D eigenvalue weighted by Gasteiger charge is 2.25. The van der Waals surface area contributed by atoms with E-state index >= 15 is 0 Å². The van der Waals surface area contributed by atoms with Crippen molar-refractivity contribution in [3.8, 4) is 0 Å². The number of benzene rings is 2. The zero-order chi connectivity index (χ0) is 19.1. The number of rotatable bonds is 5. The van der Waals surface area contributed by atoms with Gasteiger partial charge >= 0.3 is 5.97 Å². The summed E-state index contributed by atoms with van der Waals surface area (Å²) < 4.78 is 31.3. The Labute approximate surface area is 152 Å². The molecule has 0 radical (unpaired) electrons.